The van der Waals surface area contributed by atoms with Gasteiger partial charge in [0.15, 0.2) is 11.5 Å². The molecule has 0 spiro atoms. The van der Waals surface area contributed by atoms with Crippen LogP contribution in [-0.2, 0) is 6.54 Å². The second-order valence-corrected chi connectivity index (χ2v) is 4.57. The van der Waals surface area contributed by atoms with Crippen LogP contribution in [0, 0.1) is 5.82 Å². The fourth-order valence-corrected chi connectivity index (χ4v) is 2.05. The average molecular weight is 296 g/mol. The Kier molecular flexibility index (Phi) is 4.69. The first-order chi connectivity index (χ1) is 9.63. The molecule has 0 unspecified atom stereocenters. The minimum atomic E-state index is -0.355. The van der Waals surface area contributed by atoms with E-state index in [1.807, 2.05) is 18.2 Å². The van der Waals surface area contributed by atoms with Gasteiger partial charge in [-0.3, -0.25) is 0 Å². The Hall–Kier alpha value is -1.94. The number of anilines is 1. The van der Waals surface area contributed by atoms with Crippen molar-refractivity contribution in [3.8, 4) is 11.5 Å². The molecule has 0 bridgehead atoms. The molecule has 2 aromatic carbocycles. The Balaban J connectivity index is 2.10. The van der Waals surface area contributed by atoms with Crippen LogP contribution >= 0.6 is 11.6 Å². The molecule has 20 heavy (non-hydrogen) atoms. The summed E-state index contributed by atoms with van der Waals surface area (Å²) >= 11 is 5.95. The van der Waals surface area contributed by atoms with Gasteiger partial charge < -0.3 is 14.8 Å². The topological polar surface area (TPSA) is 30.5 Å². The molecule has 2 aromatic rings. The van der Waals surface area contributed by atoms with Crippen molar-refractivity contribution in [3.05, 3.63) is 52.8 Å². The van der Waals surface area contributed by atoms with Gasteiger partial charge in [0.25, 0.3) is 0 Å². The lowest BCUT2D eigenvalue weighted by atomic mass is 10.2. The second kappa shape index (κ2) is 6.48. The number of hydrogen-bond acceptors (Lipinski definition) is 3. The van der Waals surface area contributed by atoms with E-state index in [0.717, 1.165) is 5.56 Å². The molecular formula is C15H15ClFNO2. The zero-order valence-electron chi connectivity index (χ0n) is 11.2. The molecule has 0 aliphatic carbocycles. The maximum atomic E-state index is 13.0. The summed E-state index contributed by atoms with van der Waals surface area (Å²) in [5.74, 6) is 0.986. The first-order valence-corrected chi connectivity index (χ1v) is 6.41. The normalized spacial score (nSPS) is 10.2. The van der Waals surface area contributed by atoms with Gasteiger partial charge in [0.05, 0.1) is 24.9 Å². The third-order valence-corrected chi connectivity index (χ3v) is 3.17. The van der Waals surface area contributed by atoms with Crippen molar-refractivity contribution in [2.45, 2.75) is 6.54 Å². The smallest absolute Gasteiger partial charge is 0.161 e. The highest BCUT2D eigenvalue weighted by Gasteiger charge is 2.06. The van der Waals surface area contributed by atoms with E-state index in [9.17, 15) is 4.39 Å². The Morgan fingerprint density at radius 2 is 1.80 bits per heavy atom. The van der Waals surface area contributed by atoms with Crippen LogP contribution in [-0.4, -0.2) is 14.2 Å². The van der Waals surface area contributed by atoms with Gasteiger partial charge in [-0.2, -0.15) is 0 Å². The SMILES string of the molecule is COc1ccc(CNc2ccc(F)cc2Cl)cc1OC. The summed E-state index contributed by atoms with van der Waals surface area (Å²) < 4.78 is 23.4. The first kappa shape index (κ1) is 14.5. The molecule has 0 radical (unpaired) electrons. The van der Waals surface area contributed by atoms with Crippen molar-refractivity contribution >= 4 is 17.3 Å². The number of benzene rings is 2. The van der Waals surface area contributed by atoms with Gasteiger partial charge in [0, 0.05) is 6.54 Å². The maximum Gasteiger partial charge on any atom is 0.161 e. The average Bonchev–Trinajstić information content (AvgIpc) is 2.46. The van der Waals surface area contributed by atoms with Gasteiger partial charge in [-0.25, -0.2) is 4.39 Å². The van der Waals surface area contributed by atoms with Crippen LogP contribution in [0.1, 0.15) is 5.56 Å². The molecule has 2 rings (SSSR count). The maximum absolute atomic E-state index is 13.0. The molecule has 0 aromatic heterocycles. The van der Waals surface area contributed by atoms with Crippen molar-refractivity contribution in [1.82, 2.24) is 0 Å². The summed E-state index contributed by atoms with van der Waals surface area (Å²) in [7, 11) is 3.18. The summed E-state index contributed by atoms with van der Waals surface area (Å²) in [5.41, 5.74) is 1.69. The monoisotopic (exact) mass is 295 g/mol. The van der Waals surface area contributed by atoms with E-state index in [2.05, 4.69) is 5.32 Å². The summed E-state index contributed by atoms with van der Waals surface area (Å²) in [4.78, 5) is 0. The second-order valence-electron chi connectivity index (χ2n) is 4.17. The fourth-order valence-electron chi connectivity index (χ4n) is 1.82. The number of halogens is 2. The van der Waals surface area contributed by atoms with Crippen molar-refractivity contribution < 1.29 is 13.9 Å². The lowest BCUT2D eigenvalue weighted by Crippen LogP contribution is -2.01. The zero-order chi connectivity index (χ0) is 14.5. The molecule has 0 saturated heterocycles. The number of ether oxygens (including phenoxy) is 2. The van der Waals surface area contributed by atoms with Crippen LogP contribution in [0.4, 0.5) is 10.1 Å². The van der Waals surface area contributed by atoms with Gasteiger partial charge in [-0.1, -0.05) is 17.7 Å². The molecule has 0 aliphatic heterocycles. The summed E-state index contributed by atoms with van der Waals surface area (Å²) in [6, 6.07) is 9.89. The van der Waals surface area contributed by atoms with Crippen LogP contribution in [0.25, 0.3) is 0 Å². The molecule has 3 nitrogen and oxygen atoms in total. The molecule has 0 fully saturated rings. The minimum absolute atomic E-state index is 0.352. The molecule has 0 heterocycles. The van der Waals surface area contributed by atoms with Gasteiger partial charge in [-0.05, 0) is 35.9 Å². The van der Waals surface area contributed by atoms with E-state index in [1.165, 1.54) is 12.1 Å². The van der Waals surface area contributed by atoms with Crippen molar-refractivity contribution in [2.24, 2.45) is 0 Å². The molecular weight excluding hydrogens is 281 g/mol. The third-order valence-electron chi connectivity index (χ3n) is 2.86. The highest BCUT2D eigenvalue weighted by atomic mass is 35.5. The highest BCUT2D eigenvalue weighted by Crippen LogP contribution is 2.28. The summed E-state index contributed by atoms with van der Waals surface area (Å²) in [5, 5.41) is 3.50. The Morgan fingerprint density at radius 3 is 2.45 bits per heavy atom. The largest absolute Gasteiger partial charge is 0.493 e. The first-order valence-electron chi connectivity index (χ1n) is 6.04. The van der Waals surface area contributed by atoms with E-state index in [-0.39, 0.29) is 5.82 Å². The van der Waals surface area contributed by atoms with Crippen LogP contribution in [0.3, 0.4) is 0 Å². The molecule has 0 amide bonds. The minimum Gasteiger partial charge on any atom is -0.493 e. The van der Waals surface area contributed by atoms with Crippen molar-refractivity contribution in [1.29, 1.82) is 0 Å². The Labute approximate surface area is 122 Å². The van der Waals surface area contributed by atoms with Gasteiger partial charge in [0.2, 0.25) is 0 Å². The number of methoxy groups -OCH3 is 2. The van der Waals surface area contributed by atoms with Crippen LogP contribution < -0.4 is 14.8 Å². The van der Waals surface area contributed by atoms with Crippen molar-refractivity contribution in [3.63, 3.8) is 0 Å². The summed E-state index contributed by atoms with van der Waals surface area (Å²) in [6.07, 6.45) is 0. The van der Waals surface area contributed by atoms with E-state index in [0.29, 0.717) is 28.8 Å². The molecule has 5 heteroatoms. The standard InChI is InChI=1S/C15H15ClFNO2/c1-19-14-6-3-10(7-15(14)20-2)9-18-13-5-4-11(17)8-12(13)16/h3-8,18H,9H2,1-2H3. The van der Waals surface area contributed by atoms with Crippen molar-refractivity contribution in [2.75, 3.05) is 19.5 Å². The molecule has 1 N–H and O–H groups in total. The van der Waals surface area contributed by atoms with Crippen LogP contribution in [0.5, 0.6) is 11.5 Å². The summed E-state index contributed by atoms with van der Waals surface area (Å²) in [6.45, 7) is 0.547. The molecule has 106 valence electrons. The predicted molar refractivity (Wildman–Crippen MR) is 78.3 cm³/mol. The Morgan fingerprint density at radius 1 is 1.05 bits per heavy atom. The lowest BCUT2D eigenvalue weighted by molar-refractivity contribution is 0.354. The quantitative estimate of drug-likeness (QED) is 0.900. The van der Waals surface area contributed by atoms with Gasteiger partial charge in [0.1, 0.15) is 5.82 Å². The number of hydrogen-bond donors (Lipinski definition) is 1. The highest BCUT2D eigenvalue weighted by molar-refractivity contribution is 6.33. The molecule has 0 aliphatic rings. The Bertz CT molecular complexity index is 604. The van der Waals surface area contributed by atoms with E-state index in [1.54, 1.807) is 20.3 Å². The van der Waals surface area contributed by atoms with Crippen LogP contribution in [0.2, 0.25) is 5.02 Å². The number of nitrogens with one attached hydrogen (secondary N) is 1. The van der Waals surface area contributed by atoms with E-state index >= 15 is 0 Å². The fraction of sp³-hybridized carbons (Fsp3) is 0.200. The van der Waals surface area contributed by atoms with E-state index < -0.39 is 0 Å². The van der Waals surface area contributed by atoms with Gasteiger partial charge >= 0.3 is 0 Å². The molecule has 0 atom stereocenters. The predicted octanol–water partition coefficient (Wildman–Crippen LogP) is 4.11. The molecule has 0 saturated carbocycles. The van der Waals surface area contributed by atoms with Gasteiger partial charge in [-0.15, -0.1) is 0 Å². The van der Waals surface area contributed by atoms with Crippen LogP contribution in [0.15, 0.2) is 36.4 Å². The third kappa shape index (κ3) is 3.33. The van der Waals surface area contributed by atoms with E-state index in [4.69, 9.17) is 21.1 Å². The number of rotatable bonds is 5. The lowest BCUT2D eigenvalue weighted by Gasteiger charge is -2.11. The zero-order valence-corrected chi connectivity index (χ0v) is 12.0.